The van der Waals surface area contributed by atoms with Crippen molar-refractivity contribution >= 4 is 28.7 Å². The summed E-state index contributed by atoms with van der Waals surface area (Å²) in [5.41, 5.74) is 3.11. The van der Waals surface area contributed by atoms with Crippen LogP contribution in [0.25, 0.3) is 22.3 Å². The van der Waals surface area contributed by atoms with Crippen molar-refractivity contribution in [2.75, 3.05) is 24.6 Å². The van der Waals surface area contributed by atoms with E-state index in [1.54, 1.807) is 6.20 Å². The topological polar surface area (TPSA) is 64.2 Å². The molecular weight excluding hydrogens is 372 g/mol. The van der Waals surface area contributed by atoms with Gasteiger partial charge in [-0.1, -0.05) is 0 Å². The van der Waals surface area contributed by atoms with Gasteiger partial charge < -0.3 is 9.32 Å². The summed E-state index contributed by atoms with van der Waals surface area (Å²) < 4.78 is 7.60. The van der Waals surface area contributed by atoms with Gasteiger partial charge in [-0.3, -0.25) is 4.79 Å². The van der Waals surface area contributed by atoms with Gasteiger partial charge in [-0.15, -0.1) is 0 Å². The van der Waals surface area contributed by atoms with E-state index in [1.807, 2.05) is 47.3 Å². The van der Waals surface area contributed by atoms with Crippen molar-refractivity contribution in [3.8, 4) is 11.3 Å². The second-order valence-corrected chi connectivity index (χ2v) is 8.79. The summed E-state index contributed by atoms with van der Waals surface area (Å²) in [4.78, 5) is 20.3. The van der Waals surface area contributed by atoms with E-state index < -0.39 is 0 Å². The zero-order chi connectivity index (χ0) is 19.8. The highest BCUT2D eigenvalue weighted by Gasteiger charge is 2.24. The van der Waals surface area contributed by atoms with Crippen molar-refractivity contribution in [2.45, 2.75) is 40.2 Å². The molecule has 28 heavy (non-hydrogen) atoms. The molecule has 1 aliphatic heterocycles. The molecule has 1 amide bonds. The summed E-state index contributed by atoms with van der Waals surface area (Å²) >= 11 is 1.91. The first kappa shape index (κ1) is 19.1. The maximum absolute atomic E-state index is 13.4. The van der Waals surface area contributed by atoms with E-state index in [2.05, 4.69) is 18.9 Å². The van der Waals surface area contributed by atoms with Crippen molar-refractivity contribution in [3.05, 3.63) is 35.4 Å². The second-order valence-electron chi connectivity index (χ2n) is 7.56. The molecule has 1 aliphatic rings. The predicted octanol–water partition coefficient (Wildman–Crippen LogP) is 4.47. The van der Waals surface area contributed by atoms with Gasteiger partial charge in [0.15, 0.2) is 5.65 Å². The fourth-order valence-electron chi connectivity index (χ4n) is 3.72. The van der Waals surface area contributed by atoms with Crippen LogP contribution in [0.15, 0.2) is 22.7 Å². The molecule has 3 aromatic heterocycles. The van der Waals surface area contributed by atoms with E-state index in [4.69, 9.17) is 9.40 Å². The molecule has 0 spiro atoms. The lowest BCUT2D eigenvalue weighted by Gasteiger charge is -2.21. The highest BCUT2D eigenvalue weighted by molar-refractivity contribution is 7.99. The molecular formula is C21H26N4O2S. The van der Waals surface area contributed by atoms with E-state index in [0.29, 0.717) is 5.56 Å². The van der Waals surface area contributed by atoms with Gasteiger partial charge in [0.1, 0.15) is 11.5 Å². The zero-order valence-corrected chi connectivity index (χ0v) is 17.7. The number of carbonyl (C=O) groups excluding carboxylic acids is 1. The van der Waals surface area contributed by atoms with Gasteiger partial charge in [0, 0.05) is 30.4 Å². The van der Waals surface area contributed by atoms with Gasteiger partial charge in [-0.2, -0.15) is 16.9 Å². The van der Waals surface area contributed by atoms with E-state index >= 15 is 0 Å². The summed E-state index contributed by atoms with van der Waals surface area (Å²) in [6.45, 7) is 9.58. The van der Waals surface area contributed by atoms with E-state index in [9.17, 15) is 4.79 Å². The van der Waals surface area contributed by atoms with Crippen molar-refractivity contribution in [1.29, 1.82) is 0 Å². The van der Waals surface area contributed by atoms with Crippen LogP contribution in [0.5, 0.6) is 0 Å². The standard InChI is InChI=1S/C21H26N4O2S/c1-13(2)25-20-18(12-22-25)17(21(26)24-6-5-8-28-9-7-24)11-19(23-20)16-10-14(3)27-15(16)4/h10-13H,5-9H2,1-4H3. The quantitative estimate of drug-likeness (QED) is 0.651. The van der Waals surface area contributed by atoms with Crippen molar-refractivity contribution in [2.24, 2.45) is 0 Å². The summed E-state index contributed by atoms with van der Waals surface area (Å²) in [7, 11) is 0. The number of carbonyl (C=O) groups is 1. The molecule has 6 nitrogen and oxygen atoms in total. The maximum Gasteiger partial charge on any atom is 0.254 e. The largest absolute Gasteiger partial charge is 0.466 e. The molecule has 0 aliphatic carbocycles. The number of fused-ring (bicyclic) bond motifs is 1. The maximum atomic E-state index is 13.4. The van der Waals surface area contributed by atoms with Crippen LogP contribution in [0.3, 0.4) is 0 Å². The average Bonchev–Trinajstić information content (AvgIpc) is 3.11. The highest BCUT2D eigenvalue weighted by Crippen LogP contribution is 2.30. The Balaban J connectivity index is 1.88. The van der Waals surface area contributed by atoms with Gasteiger partial charge in [-0.05, 0) is 52.0 Å². The van der Waals surface area contributed by atoms with Crippen LogP contribution in [0, 0.1) is 13.8 Å². The number of hydrogen-bond acceptors (Lipinski definition) is 5. The molecule has 4 heterocycles. The number of furan rings is 1. The highest BCUT2D eigenvalue weighted by atomic mass is 32.2. The molecule has 4 rings (SSSR count). The number of rotatable bonds is 3. The summed E-state index contributed by atoms with van der Waals surface area (Å²) in [5, 5.41) is 5.34. The molecule has 148 valence electrons. The van der Waals surface area contributed by atoms with Crippen LogP contribution < -0.4 is 0 Å². The molecule has 0 unspecified atom stereocenters. The normalized spacial score (nSPS) is 15.4. The SMILES string of the molecule is Cc1cc(-c2cc(C(=O)N3CCCSCC3)c3cnn(C(C)C)c3n2)c(C)o1. The number of aromatic nitrogens is 3. The van der Waals surface area contributed by atoms with Crippen LogP contribution in [0.4, 0.5) is 0 Å². The number of pyridine rings is 1. The van der Waals surface area contributed by atoms with Crippen molar-refractivity contribution in [3.63, 3.8) is 0 Å². The number of hydrogen-bond donors (Lipinski definition) is 0. The lowest BCUT2D eigenvalue weighted by molar-refractivity contribution is 0.0770. The van der Waals surface area contributed by atoms with Gasteiger partial charge in [0.25, 0.3) is 5.91 Å². The van der Waals surface area contributed by atoms with Gasteiger partial charge >= 0.3 is 0 Å². The molecule has 7 heteroatoms. The lowest BCUT2D eigenvalue weighted by Crippen LogP contribution is -2.33. The van der Waals surface area contributed by atoms with E-state index in [-0.39, 0.29) is 11.9 Å². The molecule has 0 radical (unpaired) electrons. The van der Waals surface area contributed by atoms with Gasteiger partial charge in [0.2, 0.25) is 0 Å². The Hall–Kier alpha value is -2.28. The minimum Gasteiger partial charge on any atom is -0.466 e. The number of amides is 1. The van der Waals surface area contributed by atoms with Gasteiger partial charge in [0.05, 0.1) is 22.8 Å². The fraction of sp³-hybridized carbons (Fsp3) is 0.476. The third kappa shape index (κ3) is 3.43. The summed E-state index contributed by atoms with van der Waals surface area (Å²) in [6, 6.07) is 4.05. The summed E-state index contributed by atoms with van der Waals surface area (Å²) in [5.74, 6) is 3.81. The number of aryl methyl sites for hydroxylation is 2. The van der Waals surface area contributed by atoms with Crippen molar-refractivity contribution in [1.82, 2.24) is 19.7 Å². The van der Waals surface area contributed by atoms with Crippen LogP contribution in [0.2, 0.25) is 0 Å². The summed E-state index contributed by atoms with van der Waals surface area (Å²) in [6.07, 6.45) is 2.81. The number of nitrogens with zero attached hydrogens (tertiary/aromatic N) is 4. The van der Waals surface area contributed by atoms with Gasteiger partial charge in [-0.25, -0.2) is 9.67 Å². The van der Waals surface area contributed by atoms with E-state index in [1.165, 1.54) is 0 Å². The van der Waals surface area contributed by atoms with Crippen LogP contribution in [-0.4, -0.2) is 50.2 Å². The molecule has 0 saturated carbocycles. The molecule has 0 aromatic carbocycles. The molecule has 0 atom stereocenters. The fourth-order valence-corrected chi connectivity index (χ4v) is 4.60. The average molecular weight is 399 g/mol. The third-order valence-corrected chi connectivity index (χ3v) is 6.16. The minimum atomic E-state index is 0.0670. The first-order valence-corrected chi connectivity index (χ1v) is 10.9. The Morgan fingerprint density at radius 2 is 2.04 bits per heavy atom. The van der Waals surface area contributed by atoms with E-state index in [0.717, 1.165) is 64.8 Å². The lowest BCUT2D eigenvalue weighted by atomic mass is 10.1. The molecule has 3 aromatic rings. The predicted molar refractivity (Wildman–Crippen MR) is 113 cm³/mol. The Labute approximate surface area is 169 Å². The molecule has 0 bridgehead atoms. The minimum absolute atomic E-state index is 0.0670. The Kier molecular flexibility index (Phi) is 5.19. The Bertz CT molecular complexity index is 1010. The first-order chi connectivity index (χ1) is 13.5. The molecule has 1 saturated heterocycles. The number of thioether (sulfide) groups is 1. The zero-order valence-electron chi connectivity index (χ0n) is 16.9. The molecule has 1 fully saturated rings. The second kappa shape index (κ2) is 7.62. The van der Waals surface area contributed by atoms with Crippen molar-refractivity contribution < 1.29 is 9.21 Å². The first-order valence-electron chi connectivity index (χ1n) is 9.78. The Morgan fingerprint density at radius 1 is 1.21 bits per heavy atom. The van der Waals surface area contributed by atoms with Crippen LogP contribution in [0.1, 0.15) is 48.2 Å². The smallest absolute Gasteiger partial charge is 0.254 e. The molecule has 0 N–H and O–H groups in total. The van der Waals surface area contributed by atoms with Crippen LogP contribution in [-0.2, 0) is 0 Å². The monoisotopic (exact) mass is 398 g/mol. The third-order valence-electron chi connectivity index (χ3n) is 5.11. The van der Waals surface area contributed by atoms with Crippen LogP contribution >= 0.6 is 11.8 Å². The Morgan fingerprint density at radius 3 is 2.75 bits per heavy atom.